The number of rotatable bonds is 7. The first kappa shape index (κ1) is 17.0. The van der Waals surface area contributed by atoms with Crippen molar-refractivity contribution in [3.8, 4) is 17.3 Å². The van der Waals surface area contributed by atoms with Crippen LogP contribution in [0.1, 0.15) is 25.5 Å². The van der Waals surface area contributed by atoms with E-state index in [0.29, 0.717) is 23.4 Å². The lowest BCUT2D eigenvalue weighted by atomic mass is 10.1. The van der Waals surface area contributed by atoms with Gasteiger partial charge in [0.15, 0.2) is 0 Å². The fourth-order valence-electron chi connectivity index (χ4n) is 2.15. The maximum atomic E-state index is 14.2. The summed E-state index contributed by atoms with van der Waals surface area (Å²) in [6.07, 6.45) is 1.54. The van der Waals surface area contributed by atoms with E-state index in [1.54, 1.807) is 12.1 Å². The van der Waals surface area contributed by atoms with Crippen molar-refractivity contribution in [3.05, 3.63) is 41.8 Å². The minimum atomic E-state index is -3.45. The van der Waals surface area contributed by atoms with Crippen LogP contribution in [0.2, 0.25) is 0 Å². The van der Waals surface area contributed by atoms with Crippen LogP contribution in [0.4, 0.5) is 10.1 Å². The number of nitrogens with zero attached hydrogens (tertiary/aromatic N) is 1. The second kappa shape index (κ2) is 7.29. The third kappa shape index (κ3) is 4.57. The normalized spacial score (nSPS) is 11.2. The third-order valence-electron chi connectivity index (χ3n) is 3.32. The fourth-order valence-corrected chi connectivity index (χ4v) is 3.40. The minimum absolute atomic E-state index is 0.0149. The summed E-state index contributed by atoms with van der Waals surface area (Å²) in [4.78, 5) is 2.97. The number of halogens is 1. The second-order valence-electron chi connectivity index (χ2n) is 5.20. The van der Waals surface area contributed by atoms with E-state index in [2.05, 4.69) is 9.71 Å². The van der Waals surface area contributed by atoms with Gasteiger partial charge in [0.1, 0.15) is 5.82 Å². The summed E-state index contributed by atoms with van der Waals surface area (Å²) in [5.74, 6) is -0.521. The van der Waals surface area contributed by atoms with Gasteiger partial charge in [-0.2, -0.15) is 5.26 Å². The van der Waals surface area contributed by atoms with Crippen LogP contribution in [0.3, 0.4) is 0 Å². The van der Waals surface area contributed by atoms with E-state index in [-0.39, 0.29) is 17.9 Å². The molecule has 0 unspecified atom stereocenters. The van der Waals surface area contributed by atoms with Gasteiger partial charge in [0.25, 0.3) is 0 Å². The molecule has 23 heavy (non-hydrogen) atoms. The Balaban J connectivity index is 2.19. The van der Waals surface area contributed by atoms with Crippen molar-refractivity contribution in [1.29, 1.82) is 5.26 Å². The van der Waals surface area contributed by atoms with Crippen LogP contribution in [0.5, 0.6) is 0 Å². The minimum Gasteiger partial charge on any atom is -0.357 e. The first-order chi connectivity index (χ1) is 10.9. The average molecular weight is 335 g/mol. The van der Waals surface area contributed by atoms with Gasteiger partial charge in [-0.15, -0.1) is 0 Å². The predicted molar refractivity (Wildman–Crippen MR) is 87.8 cm³/mol. The second-order valence-corrected chi connectivity index (χ2v) is 7.04. The van der Waals surface area contributed by atoms with E-state index in [4.69, 9.17) is 5.26 Å². The molecule has 5 nitrogen and oxygen atoms in total. The molecule has 7 heteroatoms. The van der Waals surface area contributed by atoms with Gasteiger partial charge in [0.05, 0.1) is 23.9 Å². The smallest absolute Gasteiger partial charge is 0.232 e. The van der Waals surface area contributed by atoms with E-state index >= 15 is 0 Å². The molecule has 0 saturated heterocycles. The number of aromatic amines is 1. The largest absolute Gasteiger partial charge is 0.357 e. The molecule has 122 valence electrons. The molecule has 2 rings (SSSR count). The zero-order valence-electron chi connectivity index (χ0n) is 12.8. The summed E-state index contributed by atoms with van der Waals surface area (Å²) >= 11 is 0. The highest BCUT2D eigenvalue weighted by Crippen LogP contribution is 2.25. The van der Waals surface area contributed by atoms with Crippen molar-refractivity contribution in [2.75, 3.05) is 10.5 Å². The highest BCUT2D eigenvalue weighted by atomic mass is 32.2. The lowest BCUT2D eigenvalue weighted by Gasteiger charge is -2.09. The Bertz CT molecular complexity index is 822. The maximum Gasteiger partial charge on any atom is 0.232 e. The van der Waals surface area contributed by atoms with Crippen molar-refractivity contribution >= 4 is 15.7 Å². The van der Waals surface area contributed by atoms with E-state index in [0.717, 1.165) is 12.5 Å². The molecular formula is C16H18FN3O2S. The van der Waals surface area contributed by atoms with Gasteiger partial charge in [0, 0.05) is 17.0 Å². The monoisotopic (exact) mass is 335 g/mol. The summed E-state index contributed by atoms with van der Waals surface area (Å²) in [6.45, 7) is 1.90. The van der Waals surface area contributed by atoms with Crippen molar-refractivity contribution in [2.24, 2.45) is 0 Å². The summed E-state index contributed by atoms with van der Waals surface area (Å²) in [5.41, 5.74) is 1.77. The number of H-pyrrole nitrogens is 1. The zero-order chi connectivity index (χ0) is 16.9. The van der Waals surface area contributed by atoms with E-state index in [1.165, 1.54) is 12.1 Å². The SMILES string of the molecule is CCCCS(=O)(=O)Nc1ccc(-c2ccc(CC#N)[nH]2)c(F)c1. The molecular weight excluding hydrogens is 317 g/mol. The van der Waals surface area contributed by atoms with Gasteiger partial charge in [-0.1, -0.05) is 13.3 Å². The Morgan fingerprint density at radius 2 is 2.09 bits per heavy atom. The Kier molecular flexibility index (Phi) is 5.40. The van der Waals surface area contributed by atoms with Gasteiger partial charge in [-0.05, 0) is 36.8 Å². The van der Waals surface area contributed by atoms with Crippen LogP contribution in [-0.4, -0.2) is 19.2 Å². The standard InChI is InChI=1S/C16H18FN3O2S/c1-2-3-10-23(21,22)20-13-4-6-14(15(17)11-13)16-7-5-12(19-16)8-9-18/h4-7,11,19-20H,2-3,8,10H2,1H3. The molecule has 1 aromatic carbocycles. The van der Waals surface area contributed by atoms with Crippen molar-refractivity contribution in [2.45, 2.75) is 26.2 Å². The Morgan fingerprint density at radius 3 is 2.74 bits per heavy atom. The molecule has 0 spiro atoms. The first-order valence-corrected chi connectivity index (χ1v) is 8.95. The van der Waals surface area contributed by atoms with Crippen LogP contribution in [0.15, 0.2) is 30.3 Å². The highest BCUT2D eigenvalue weighted by molar-refractivity contribution is 7.92. The molecule has 0 radical (unpaired) electrons. The molecule has 0 aliphatic carbocycles. The number of benzene rings is 1. The number of unbranched alkanes of at least 4 members (excludes halogenated alkanes) is 1. The molecule has 0 aliphatic heterocycles. The van der Waals surface area contributed by atoms with Gasteiger partial charge >= 0.3 is 0 Å². The summed E-state index contributed by atoms with van der Waals surface area (Å²) < 4.78 is 40.3. The molecule has 2 aromatic rings. The number of hydrogen-bond acceptors (Lipinski definition) is 3. The Hall–Kier alpha value is -2.33. The molecule has 0 saturated carbocycles. The Morgan fingerprint density at radius 1 is 1.30 bits per heavy atom. The number of nitrogens with one attached hydrogen (secondary N) is 2. The average Bonchev–Trinajstić information content (AvgIpc) is 2.94. The van der Waals surface area contributed by atoms with Gasteiger partial charge in [-0.3, -0.25) is 4.72 Å². The highest BCUT2D eigenvalue weighted by Gasteiger charge is 2.13. The predicted octanol–water partition coefficient (Wildman–Crippen LogP) is 3.43. The Labute approximate surface area is 135 Å². The van der Waals surface area contributed by atoms with Crippen molar-refractivity contribution in [3.63, 3.8) is 0 Å². The van der Waals surface area contributed by atoms with Crippen LogP contribution >= 0.6 is 0 Å². The molecule has 1 heterocycles. The van der Waals surface area contributed by atoms with Crippen LogP contribution in [-0.2, 0) is 16.4 Å². The number of nitriles is 1. The molecule has 0 bridgehead atoms. The van der Waals surface area contributed by atoms with E-state index < -0.39 is 15.8 Å². The topological polar surface area (TPSA) is 85.8 Å². The lowest BCUT2D eigenvalue weighted by molar-refractivity contribution is 0.597. The number of hydrogen-bond donors (Lipinski definition) is 2. The zero-order valence-corrected chi connectivity index (χ0v) is 13.6. The van der Waals surface area contributed by atoms with Crippen molar-refractivity contribution in [1.82, 2.24) is 4.98 Å². The molecule has 0 atom stereocenters. The molecule has 0 amide bonds. The van der Waals surface area contributed by atoms with Crippen molar-refractivity contribution < 1.29 is 12.8 Å². The summed E-state index contributed by atoms with van der Waals surface area (Å²) in [6, 6.07) is 9.61. The van der Waals surface area contributed by atoms with Crippen LogP contribution < -0.4 is 4.72 Å². The summed E-state index contributed by atoms with van der Waals surface area (Å²) in [7, 11) is -3.45. The van der Waals surface area contributed by atoms with Crippen LogP contribution in [0.25, 0.3) is 11.3 Å². The van der Waals surface area contributed by atoms with Gasteiger partial charge < -0.3 is 4.98 Å². The fraction of sp³-hybridized carbons (Fsp3) is 0.312. The molecule has 2 N–H and O–H groups in total. The quantitative estimate of drug-likeness (QED) is 0.813. The number of aromatic nitrogens is 1. The molecule has 0 fully saturated rings. The third-order valence-corrected chi connectivity index (χ3v) is 4.69. The number of anilines is 1. The van der Waals surface area contributed by atoms with Crippen LogP contribution in [0, 0.1) is 17.1 Å². The van der Waals surface area contributed by atoms with E-state index in [1.807, 2.05) is 13.0 Å². The maximum absolute atomic E-state index is 14.2. The molecule has 0 aliphatic rings. The van der Waals surface area contributed by atoms with E-state index in [9.17, 15) is 12.8 Å². The van der Waals surface area contributed by atoms with Gasteiger partial charge in [-0.25, -0.2) is 12.8 Å². The first-order valence-electron chi connectivity index (χ1n) is 7.30. The lowest BCUT2D eigenvalue weighted by Crippen LogP contribution is -2.16. The molecule has 1 aromatic heterocycles. The van der Waals surface area contributed by atoms with Gasteiger partial charge in [0.2, 0.25) is 10.0 Å². The number of sulfonamides is 1. The summed E-state index contributed by atoms with van der Waals surface area (Å²) in [5, 5.41) is 8.65.